The van der Waals surface area contributed by atoms with Crippen LogP contribution >= 0.6 is 11.6 Å². The van der Waals surface area contributed by atoms with Crippen molar-refractivity contribution >= 4 is 21.6 Å². The first-order valence-electron chi connectivity index (χ1n) is 6.16. The summed E-state index contributed by atoms with van der Waals surface area (Å²) in [6.07, 6.45) is 2.36. The summed E-state index contributed by atoms with van der Waals surface area (Å²) in [6.45, 7) is 6.07. The van der Waals surface area contributed by atoms with Crippen LogP contribution in [0.5, 0.6) is 0 Å². The largest absolute Gasteiger partial charge is 0.238 e. The lowest BCUT2D eigenvalue weighted by Crippen LogP contribution is -2.15. The number of rotatable bonds is 5. The minimum atomic E-state index is -3.73. The number of nitrogens with two attached hydrogens (primary N) is 1. The molecule has 1 aromatic rings. The monoisotopic (exact) mass is 289 g/mol. The summed E-state index contributed by atoms with van der Waals surface area (Å²) < 4.78 is 23.3. The summed E-state index contributed by atoms with van der Waals surface area (Å²) in [7, 11) is -3.73. The fourth-order valence-electron chi connectivity index (χ4n) is 1.90. The number of hydrogen-bond acceptors (Lipinski definition) is 2. The Bertz CT molecular complexity index is 526. The SMILES string of the molecule is CCCc1c(Cl)cc(C(C)CC)cc1S(N)(=O)=O. The van der Waals surface area contributed by atoms with Gasteiger partial charge in [0.25, 0.3) is 0 Å². The van der Waals surface area contributed by atoms with Crippen molar-refractivity contribution in [1.29, 1.82) is 0 Å². The molecule has 1 atom stereocenters. The molecule has 0 radical (unpaired) electrons. The second kappa shape index (κ2) is 6.04. The van der Waals surface area contributed by atoms with E-state index in [2.05, 4.69) is 6.92 Å². The van der Waals surface area contributed by atoms with Gasteiger partial charge in [0.15, 0.2) is 0 Å². The van der Waals surface area contributed by atoms with Gasteiger partial charge in [0, 0.05) is 5.02 Å². The van der Waals surface area contributed by atoms with Crippen molar-refractivity contribution in [3.05, 3.63) is 28.3 Å². The van der Waals surface area contributed by atoms with E-state index in [1.807, 2.05) is 19.9 Å². The maximum atomic E-state index is 11.7. The van der Waals surface area contributed by atoms with Crippen LogP contribution in [0, 0.1) is 0 Å². The normalized spacial score (nSPS) is 13.6. The zero-order valence-electron chi connectivity index (χ0n) is 11.0. The molecule has 0 saturated carbocycles. The van der Waals surface area contributed by atoms with Crippen LogP contribution in [0.3, 0.4) is 0 Å². The highest BCUT2D eigenvalue weighted by Crippen LogP contribution is 2.31. The Labute approximate surface area is 114 Å². The molecule has 1 unspecified atom stereocenters. The van der Waals surface area contributed by atoms with Crippen molar-refractivity contribution in [3.8, 4) is 0 Å². The van der Waals surface area contributed by atoms with Gasteiger partial charge in [0.2, 0.25) is 10.0 Å². The van der Waals surface area contributed by atoms with Gasteiger partial charge < -0.3 is 0 Å². The molecule has 0 aromatic heterocycles. The lowest BCUT2D eigenvalue weighted by atomic mass is 9.96. The van der Waals surface area contributed by atoms with E-state index in [1.54, 1.807) is 6.07 Å². The molecule has 0 heterocycles. The number of hydrogen-bond donors (Lipinski definition) is 1. The Hall–Kier alpha value is -0.580. The van der Waals surface area contributed by atoms with Gasteiger partial charge in [-0.2, -0.15) is 0 Å². The van der Waals surface area contributed by atoms with Crippen LogP contribution in [0.4, 0.5) is 0 Å². The Morgan fingerprint density at radius 1 is 1.33 bits per heavy atom. The Kier molecular flexibility index (Phi) is 5.20. The van der Waals surface area contributed by atoms with Crippen molar-refractivity contribution < 1.29 is 8.42 Å². The van der Waals surface area contributed by atoms with E-state index in [0.29, 0.717) is 17.0 Å². The second-order valence-electron chi connectivity index (χ2n) is 4.58. The maximum absolute atomic E-state index is 11.7. The zero-order chi connectivity index (χ0) is 13.9. The molecule has 0 aliphatic rings. The predicted octanol–water partition coefficient (Wildman–Crippen LogP) is 3.45. The lowest BCUT2D eigenvalue weighted by molar-refractivity contribution is 0.596. The average molecular weight is 290 g/mol. The minimum absolute atomic E-state index is 0.173. The predicted molar refractivity (Wildman–Crippen MR) is 75.5 cm³/mol. The summed E-state index contributed by atoms with van der Waals surface area (Å²) >= 11 is 6.20. The van der Waals surface area contributed by atoms with Crippen LogP contribution in [-0.2, 0) is 16.4 Å². The highest BCUT2D eigenvalue weighted by atomic mass is 35.5. The molecule has 0 amide bonds. The molecule has 1 aromatic carbocycles. The van der Waals surface area contributed by atoms with Gasteiger partial charge in [-0.15, -0.1) is 0 Å². The van der Waals surface area contributed by atoms with Crippen molar-refractivity contribution in [3.63, 3.8) is 0 Å². The van der Waals surface area contributed by atoms with Gasteiger partial charge in [-0.1, -0.05) is 38.8 Å². The van der Waals surface area contributed by atoms with Crippen LogP contribution in [0.2, 0.25) is 5.02 Å². The molecule has 5 heteroatoms. The smallest absolute Gasteiger partial charge is 0.225 e. The van der Waals surface area contributed by atoms with E-state index >= 15 is 0 Å². The highest BCUT2D eigenvalue weighted by Gasteiger charge is 2.19. The van der Waals surface area contributed by atoms with Gasteiger partial charge in [0.1, 0.15) is 0 Å². The molecular weight excluding hydrogens is 270 g/mol. The maximum Gasteiger partial charge on any atom is 0.238 e. The fourth-order valence-corrected chi connectivity index (χ4v) is 3.13. The molecule has 0 bridgehead atoms. The van der Waals surface area contributed by atoms with Crippen LogP contribution in [0.1, 0.15) is 50.7 Å². The van der Waals surface area contributed by atoms with Crippen molar-refractivity contribution in [1.82, 2.24) is 0 Å². The molecule has 0 aliphatic carbocycles. The van der Waals surface area contributed by atoms with Gasteiger partial charge >= 0.3 is 0 Å². The van der Waals surface area contributed by atoms with E-state index in [9.17, 15) is 8.42 Å². The van der Waals surface area contributed by atoms with E-state index in [0.717, 1.165) is 18.4 Å². The molecule has 3 nitrogen and oxygen atoms in total. The van der Waals surface area contributed by atoms with Gasteiger partial charge in [-0.3, -0.25) is 0 Å². The second-order valence-corrected chi connectivity index (χ2v) is 6.52. The fraction of sp³-hybridized carbons (Fsp3) is 0.538. The molecule has 0 fully saturated rings. The van der Waals surface area contributed by atoms with Crippen LogP contribution < -0.4 is 5.14 Å². The molecular formula is C13H20ClNO2S. The number of sulfonamides is 1. The van der Waals surface area contributed by atoms with E-state index in [4.69, 9.17) is 16.7 Å². The van der Waals surface area contributed by atoms with Crippen molar-refractivity contribution in [2.75, 3.05) is 0 Å². The Morgan fingerprint density at radius 2 is 1.94 bits per heavy atom. The third-order valence-corrected chi connectivity index (χ3v) is 4.48. The molecule has 102 valence electrons. The first kappa shape index (κ1) is 15.5. The van der Waals surface area contributed by atoms with Crippen molar-refractivity contribution in [2.45, 2.75) is 50.8 Å². The molecule has 2 N–H and O–H groups in total. The first-order chi connectivity index (χ1) is 8.31. The molecule has 18 heavy (non-hydrogen) atoms. The van der Waals surface area contributed by atoms with E-state index < -0.39 is 10.0 Å². The van der Waals surface area contributed by atoms with Crippen LogP contribution in [0.15, 0.2) is 17.0 Å². The quantitative estimate of drug-likeness (QED) is 0.902. The average Bonchev–Trinajstić information content (AvgIpc) is 2.29. The summed E-state index contributed by atoms with van der Waals surface area (Å²) in [5.74, 6) is 0.263. The summed E-state index contributed by atoms with van der Waals surface area (Å²) in [6, 6.07) is 3.52. The lowest BCUT2D eigenvalue weighted by Gasteiger charge is -2.15. The zero-order valence-corrected chi connectivity index (χ0v) is 12.6. The van der Waals surface area contributed by atoms with Crippen molar-refractivity contribution in [2.24, 2.45) is 5.14 Å². The van der Waals surface area contributed by atoms with Gasteiger partial charge in [0.05, 0.1) is 4.90 Å². The van der Waals surface area contributed by atoms with Gasteiger partial charge in [-0.25, -0.2) is 13.6 Å². The third-order valence-electron chi connectivity index (χ3n) is 3.16. The number of primary sulfonamides is 1. The topological polar surface area (TPSA) is 60.2 Å². The number of benzene rings is 1. The van der Waals surface area contributed by atoms with Crippen LogP contribution in [0.25, 0.3) is 0 Å². The standard InChI is InChI=1S/C13H20ClNO2S/c1-4-6-11-12(14)7-10(9(3)5-2)8-13(11)18(15,16)17/h7-9H,4-6H2,1-3H3,(H2,15,16,17). The van der Waals surface area contributed by atoms with Crippen LogP contribution in [-0.4, -0.2) is 8.42 Å². The first-order valence-corrected chi connectivity index (χ1v) is 8.08. The molecule has 0 saturated heterocycles. The summed E-state index contributed by atoms with van der Waals surface area (Å²) in [5.41, 5.74) is 1.56. The third kappa shape index (κ3) is 3.46. The molecule has 0 spiro atoms. The Morgan fingerprint density at radius 3 is 2.39 bits per heavy atom. The highest BCUT2D eigenvalue weighted by molar-refractivity contribution is 7.89. The number of halogens is 1. The minimum Gasteiger partial charge on any atom is -0.225 e. The van der Waals surface area contributed by atoms with Gasteiger partial charge in [-0.05, 0) is 42.0 Å². The molecule has 1 rings (SSSR count). The Balaban J connectivity index is 3.47. The van der Waals surface area contributed by atoms with E-state index in [-0.39, 0.29) is 10.8 Å². The summed E-state index contributed by atoms with van der Waals surface area (Å²) in [4.78, 5) is 0.173. The summed E-state index contributed by atoms with van der Waals surface area (Å²) in [5, 5.41) is 5.78. The van der Waals surface area contributed by atoms with E-state index in [1.165, 1.54) is 0 Å². The molecule has 0 aliphatic heterocycles.